The Morgan fingerprint density at radius 3 is 2.44 bits per heavy atom. The van der Waals surface area contributed by atoms with Crippen LogP contribution in [-0.4, -0.2) is 18.1 Å². The van der Waals surface area contributed by atoms with E-state index in [1.165, 1.54) is 0 Å². The molecule has 1 unspecified atom stereocenters. The summed E-state index contributed by atoms with van der Waals surface area (Å²) in [6.45, 7) is 4.35. The third-order valence-electron chi connectivity index (χ3n) is 4.12. The molecule has 0 spiro atoms. The quantitative estimate of drug-likeness (QED) is 0.872. The molecule has 0 saturated heterocycles. The van der Waals surface area contributed by atoms with E-state index in [1.807, 2.05) is 7.05 Å². The number of anilines is 1. The summed E-state index contributed by atoms with van der Waals surface area (Å²) in [6, 6.07) is 6.77. The predicted molar refractivity (Wildman–Crippen MR) is 72.6 cm³/mol. The van der Waals surface area contributed by atoms with Crippen molar-refractivity contribution < 1.29 is 9.90 Å². The lowest BCUT2D eigenvalue weighted by molar-refractivity contribution is -0.124. The molecule has 3 nitrogen and oxygen atoms in total. The highest BCUT2D eigenvalue weighted by Crippen LogP contribution is 2.43. The van der Waals surface area contributed by atoms with Gasteiger partial charge in [0.05, 0.1) is 0 Å². The standard InChI is InChI=1S/C15H21NO2/c1-15(2)10-4-5-13(15)14(18)16(3)11-6-8-12(17)9-7-11/h6-9,13,17H,4-5,10H2,1-3H3. The molecule has 0 aromatic heterocycles. The van der Waals surface area contributed by atoms with Crippen LogP contribution in [-0.2, 0) is 4.79 Å². The summed E-state index contributed by atoms with van der Waals surface area (Å²) in [5.41, 5.74) is 0.933. The zero-order chi connectivity index (χ0) is 13.3. The van der Waals surface area contributed by atoms with Crippen molar-refractivity contribution in [3.05, 3.63) is 24.3 Å². The third kappa shape index (κ3) is 2.35. The van der Waals surface area contributed by atoms with Crippen LogP contribution in [0.3, 0.4) is 0 Å². The van der Waals surface area contributed by atoms with Crippen molar-refractivity contribution in [3.63, 3.8) is 0 Å². The molecular weight excluding hydrogens is 226 g/mol. The fraction of sp³-hybridized carbons (Fsp3) is 0.533. The molecular formula is C15H21NO2. The van der Waals surface area contributed by atoms with Crippen molar-refractivity contribution in [2.75, 3.05) is 11.9 Å². The number of nitrogens with zero attached hydrogens (tertiary/aromatic N) is 1. The van der Waals surface area contributed by atoms with Crippen LogP contribution in [0.25, 0.3) is 0 Å². The largest absolute Gasteiger partial charge is 0.508 e. The van der Waals surface area contributed by atoms with Gasteiger partial charge < -0.3 is 10.0 Å². The first kappa shape index (κ1) is 12.9. The fourth-order valence-corrected chi connectivity index (χ4v) is 2.82. The number of rotatable bonds is 2. The van der Waals surface area contributed by atoms with Crippen molar-refractivity contribution in [1.82, 2.24) is 0 Å². The van der Waals surface area contributed by atoms with Gasteiger partial charge in [0.25, 0.3) is 0 Å². The fourth-order valence-electron chi connectivity index (χ4n) is 2.82. The number of hydrogen-bond donors (Lipinski definition) is 1. The van der Waals surface area contributed by atoms with E-state index in [0.717, 1.165) is 24.9 Å². The van der Waals surface area contributed by atoms with E-state index in [4.69, 9.17) is 0 Å². The molecule has 1 N–H and O–H groups in total. The number of hydrogen-bond acceptors (Lipinski definition) is 2. The highest BCUT2D eigenvalue weighted by Gasteiger charge is 2.40. The van der Waals surface area contributed by atoms with Gasteiger partial charge in [0.15, 0.2) is 0 Å². The molecule has 0 aliphatic heterocycles. The molecule has 0 heterocycles. The van der Waals surface area contributed by atoms with Gasteiger partial charge in [0, 0.05) is 18.7 Å². The SMILES string of the molecule is CN(C(=O)C1CCCC1(C)C)c1ccc(O)cc1. The van der Waals surface area contributed by atoms with Gasteiger partial charge in [-0.05, 0) is 42.5 Å². The number of aromatic hydroxyl groups is 1. The van der Waals surface area contributed by atoms with Gasteiger partial charge in [-0.1, -0.05) is 20.3 Å². The Balaban J connectivity index is 2.16. The molecule has 1 saturated carbocycles. The van der Waals surface area contributed by atoms with Crippen LogP contribution in [0.5, 0.6) is 5.75 Å². The predicted octanol–water partition coefficient (Wildman–Crippen LogP) is 3.18. The van der Waals surface area contributed by atoms with Crippen LogP contribution in [0, 0.1) is 11.3 Å². The number of amides is 1. The van der Waals surface area contributed by atoms with Gasteiger partial charge in [-0.25, -0.2) is 0 Å². The van der Waals surface area contributed by atoms with E-state index >= 15 is 0 Å². The minimum atomic E-state index is 0.0995. The average molecular weight is 247 g/mol. The summed E-state index contributed by atoms with van der Waals surface area (Å²) in [6.07, 6.45) is 3.23. The number of phenols is 1. The van der Waals surface area contributed by atoms with E-state index in [9.17, 15) is 9.90 Å². The molecule has 1 aliphatic rings. The molecule has 1 amide bonds. The monoisotopic (exact) mass is 247 g/mol. The van der Waals surface area contributed by atoms with Gasteiger partial charge >= 0.3 is 0 Å². The highest BCUT2D eigenvalue weighted by molar-refractivity contribution is 5.95. The van der Waals surface area contributed by atoms with Crippen molar-refractivity contribution in [1.29, 1.82) is 0 Å². The number of benzene rings is 1. The molecule has 0 bridgehead atoms. The summed E-state index contributed by atoms with van der Waals surface area (Å²) in [7, 11) is 1.81. The maximum Gasteiger partial charge on any atom is 0.230 e. The first-order valence-electron chi connectivity index (χ1n) is 6.48. The van der Waals surface area contributed by atoms with Crippen LogP contribution < -0.4 is 4.90 Å². The molecule has 1 fully saturated rings. The second-order valence-corrected chi connectivity index (χ2v) is 5.85. The van der Waals surface area contributed by atoms with E-state index in [-0.39, 0.29) is 23.0 Å². The second-order valence-electron chi connectivity index (χ2n) is 5.85. The Hall–Kier alpha value is -1.51. The topological polar surface area (TPSA) is 40.5 Å². The van der Waals surface area contributed by atoms with E-state index in [0.29, 0.717) is 0 Å². The van der Waals surface area contributed by atoms with Gasteiger partial charge in [-0.2, -0.15) is 0 Å². The summed E-state index contributed by atoms with van der Waals surface area (Å²) in [5, 5.41) is 9.27. The lowest BCUT2D eigenvalue weighted by Crippen LogP contribution is -2.37. The van der Waals surface area contributed by atoms with Crippen LogP contribution in [0.2, 0.25) is 0 Å². The van der Waals surface area contributed by atoms with Gasteiger partial charge in [-0.3, -0.25) is 4.79 Å². The minimum Gasteiger partial charge on any atom is -0.508 e. The number of phenolic OH excluding ortho intramolecular Hbond substituents is 1. The average Bonchev–Trinajstić information content (AvgIpc) is 2.68. The normalized spacial score (nSPS) is 21.8. The maximum absolute atomic E-state index is 12.5. The third-order valence-corrected chi connectivity index (χ3v) is 4.12. The van der Waals surface area contributed by atoms with Crippen LogP contribution in [0.1, 0.15) is 33.1 Å². The van der Waals surface area contributed by atoms with Crippen molar-refractivity contribution in [2.24, 2.45) is 11.3 Å². The van der Waals surface area contributed by atoms with Gasteiger partial charge in [-0.15, -0.1) is 0 Å². The van der Waals surface area contributed by atoms with Gasteiger partial charge in [0.2, 0.25) is 5.91 Å². The lowest BCUT2D eigenvalue weighted by Gasteiger charge is -2.30. The van der Waals surface area contributed by atoms with E-state index in [1.54, 1.807) is 29.2 Å². The number of carbonyl (C=O) groups is 1. The smallest absolute Gasteiger partial charge is 0.230 e. The zero-order valence-electron chi connectivity index (χ0n) is 11.3. The van der Waals surface area contributed by atoms with Crippen molar-refractivity contribution >= 4 is 11.6 Å². The summed E-state index contributed by atoms with van der Waals surface area (Å²) in [5.74, 6) is 0.514. The minimum absolute atomic E-state index is 0.0995. The van der Waals surface area contributed by atoms with Crippen LogP contribution in [0.15, 0.2) is 24.3 Å². The molecule has 1 atom stereocenters. The zero-order valence-corrected chi connectivity index (χ0v) is 11.3. The maximum atomic E-state index is 12.5. The first-order valence-corrected chi connectivity index (χ1v) is 6.48. The molecule has 18 heavy (non-hydrogen) atoms. The highest BCUT2D eigenvalue weighted by atomic mass is 16.3. The van der Waals surface area contributed by atoms with Gasteiger partial charge in [0.1, 0.15) is 5.75 Å². The molecule has 1 aliphatic carbocycles. The molecule has 2 rings (SSSR count). The summed E-state index contributed by atoms with van der Waals surface area (Å²) in [4.78, 5) is 14.2. The Kier molecular flexibility index (Phi) is 3.33. The Morgan fingerprint density at radius 2 is 1.94 bits per heavy atom. The summed E-state index contributed by atoms with van der Waals surface area (Å²) < 4.78 is 0. The van der Waals surface area contributed by atoms with Crippen molar-refractivity contribution in [3.8, 4) is 5.75 Å². The second kappa shape index (κ2) is 4.63. The summed E-state index contributed by atoms with van der Waals surface area (Å²) >= 11 is 0. The molecule has 0 radical (unpaired) electrons. The molecule has 98 valence electrons. The first-order chi connectivity index (χ1) is 8.42. The number of carbonyl (C=O) groups excluding carboxylic acids is 1. The van der Waals surface area contributed by atoms with E-state index in [2.05, 4.69) is 13.8 Å². The molecule has 3 heteroatoms. The Morgan fingerprint density at radius 1 is 1.33 bits per heavy atom. The van der Waals surface area contributed by atoms with Crippen LogP contribution >= 0.6 is 0 Å². The Labute approximate surface area is 108 Å². The van der Waals surface area contributed by atoms with Crippen LogP contribution in [0.4, 0.5) is 5.69 Å². The lowest BCUT2D eigenvalue weighted by atomic mass is 9.81. The Bertz CT molecular complexity index is 436. The van der Waals surface area contributed by atoms with Crippen molar-refractivity contribution in [2.45, 2.75) is 33.1 Å². The van der Waals surface area contributed by atoms with E-state index < -0.39 is 0 Å². The molecule has 1 aromatic carbocycles. The molecule has 1 aromatic rings.